The van der Waals surface area contributed by atoms with Gasteiger partial charge < -0.3 is 5.11 Å². The summed E-state index contributed by atoms with van der Waals surface area (Å²) in [7, 11) is 0. The molecule has 1 atom stereocenters. The molecule has 2 aromatic carbocycles. The lowest BCUT2D eigenvalue weighted by molar-refractivity contribution is 0.195. The molecule has 2 heteroatoms. The van der Waals surface area contributed by atoms with E-state index >= 15 is 0 Å². The minimum Gasteiger partial charge on any atom is -0.393 e. The average molecular weight is 277 g/mol. The number of benzene rings is 2. The Kier molecular flexibility index (Phi) is 3.98. The van der Waals surface area contributed by atoms with Gasteiger partial charge in [0, 0.05) is 18.0 Å². The second-order valence-corrected chi connectivity index (χ2v) is 5.53. The van der Waals surface area contributed by atoms with Crippen LogP contribution in [0.3, 0.4) is 0 Å². The van der Waals surface area contributed by atoms with E-state index in [1.807, 2.05) is 19.2 Å². The Morgan fingerprint density at radius 3 is 2.43 bits per heavy atom. The highest BCUT2D eigenvalue weighted by Gasteiger charge is 2.04. The van der Waals surface area contributed by atoms with Crippen LogP contribution in [0.5, 0.6) is 0 Å². The maximum Gasteiger partial charge on any atom is 0.0552 e. The number of rotatable bonds is 4. The van der Waals surface area contributed by atoms with E-state index in [0.717, 1.165) is 12.1 Å². The Morgan fingerprint density at radius 1 is 0.952 bits per heavy atom. The Labute approximate surface area is 125 Å². The van der Waals surface area contributed by atoms with Gasteiger partial charge in [0.05, 0.1) is 11.8 Å². The van der Waals surface area contributed by atoms with Gasteiger partial charge in [-0.15, -0.1) is 0 Å². The number of nitrogens with zero attached hydrogens (tertiary/aromatic N) is 1. The predicted octanol–water partition coefficient (Wildman–Crippen LogP) is 3.75. The molecule has 0 bridgehead atoms. The number of hydrogen-bond acceptors (Lipinski definition) is 2. The molecule has 0 aliphatic rings. The standard InChI is InChI=1S/C19H19NO/c1-14(21)12-15-6-8-16(9-7-15)13-19-18-5-3-2-4-17(18)10-11-20-19/h2-11,14,21H,12-13H2,1H3. The van der Waals surface area contributed by atoms with Crippen molar-refractivity contribution in [1.29, 1.82) is 0 Å². The zero-order valence-electron chi connectivity index (χ0n) is 12.2. The number of aromatic nitrogens is 1. The van der Waals surface area contributed by atoms with Crippen LogP contribution in [0, 0.1) is 0 Å². The molecule has 1 heterocycles. The summed E-state index contributed by atoms with van der Waals surface area (Å²) < 4.78 is 0. The highest BCUT2D eigenvalue weighted by atomic mass is 16.3. The van der Waals surface area contributed by atoms with Crippen LogP contribution in [-0.2, 0) is 12.8 Å². The number of aliphatic hydroxyl groups is 1. The van der Waals surface area contributed by atoms with Crippen molar-refractivity contribution in [3.8, 4) is 0 Å². The molecule has 0 amide bonds. The van der Waals surface area contributed by atoms with E-state index in [4.69, 9.17) is 0 Å². The number of pyridine rings is 1. The van der Waals surface area contributed by atoms with Gasteiger partial charge in [-0.2, -0.15) is 0 Å². The molecule has 1 aromatic heterocycles. The summed E-state index contributed by atoms with van der Waals surface area (Å²) in [6, 6.07) is 18.8. The van der Waals surface area contributed by atoms with Crippen molar-refractivity contribution in [2.24, 2.45) is 0 Å². The number of fused-ring (bicyclic) bond motifs is 1. The normalized spacial score (nSPS) is 12.5. The van der Waals surface area contributed by atoms with Crippen molar-refractivity contribution in [3.63, 3.8) is 0 Å². The van der Waals surface area contributed by atoms with Crippen LogP contribution in [-0.4, -0.2) is 16.2 Å². The molecule has 0 radical (unpaired) electrons. The summed E-state index contributed by atoms with van der Waals surface area (Å²) in [5.74, 6) is 0. The van der Waals surface area contributed by atoms with E-state index in [2.05, 4.69) is 53.5 Å². The molecule has 1 unspecified atom stereocenters. The zero-order valence-corrected chi connectivity index (χ0v) is 12.2. The average Bonchev–Trinajstić information content (AvgIpc) is 2.49. The second-order valence-electron chi connectivity index (χ2n) is 5.53. The fourth-order valence-corrected chi connectivity index (χ4v) is 2.65. The van der Waals surface area contributed by atoms with E-state index in [0.29, 0.717) is 6.42 Å². The van der Waals surface area contributed by atoms with Crippen molar-refractivity contribution >= 4 is 10.8 Å². The maximum absolute atomic E-state index is 9.42. The van der Waals surface area contributed by atoms with Crippen LogP contribution in [0.4, 0.5) is 0 Å². The summed E-state index contributed by atoms with van der Waals surface area (Å²) in [5, 5.41) is 11.9. The second kappa shape index (κ2) is 6.06. The van der Waals surface area contributed by atoms with Crippen molar-refractivity contribution in [2.75, 3.05) is 0 Å². The summed E-state index contributed by atoms with van der Waals surface area (Å²) in [6.45, 7) is 1.81. The van der Waals surface area contributed by atoms with Crippen LogP contribution < -0.4 is 0 Å². The van der Waals surface area contributed by atoms with Crippen molar-refractivity contribution in [1.82, 2.24) is 4.98 Å². The molecule has 0 saturated heterocycles. The summed E-state index contributed by atoms with van der Waals surface area (Å²) in [4.78, 5) is 4.53. The summed E-state index contributed by atoms with van der Waals surface area (Å²) in [5.41, 5.74) is 3.52. The SMILES string of the molecule is CC(O)Cc1ccc(Cc2nccc3ccccc23)cc1. The monoisotopic (exact) mass is 277 g/mol. The molecule has 2 nitrogen and oxygen atoms in total. The first-order chi connectivity index (χ1) is 10.2. The molecule has 0 aliphatic heterocycles. The Balaban J connectivity index is 1.85. The van der Waals surface area contributed by atoms with Gasteiger partial charge in [0.1, 0.15) is 0 Å². The molecule has 0 spiro atoms. The highest BCUT2D eigenvalue weighted by molar-refractivity contribution is 5.84. The van der Waals surface area contributed by atoms with E-state index in [-0.39, 0.29) is 6.10 Å². The molecule has 21 heavy (non-hydrogen) atoms. The first kappa shape index (κ1) is 13.8. The number of hydrogen-bond donors (Lipinski definition) is 1. The van der Waals surface area contributed by atoms with E-state index in [1.165, 1.54) is 21.9 Å². The third-order valence-corrected chi connectivity index (χ3v) is 3.68. The van der Waals surface area contributed by atoms with Crippen LogP contribution in [0.1, 0.15) is 23.7 Å². The smallest absolute Gasteiger partial charge is 0.0552 e. The quantitative estimate of drug-likeness (QED) is 0.788. The Morgan fingerprint density at radius 2 is 1.67 bits per heavy atom. The van der Waals surface area contributed by atoms with Gasteiger partial charge in [0.15, 0.2) is 0 Å². The largest absolute Gasteiger partial charge is 0.393 e. The Hall–Kier alpha value is -2.19. The fraction of sp³-hybridized carbons (Fsp3) is 0.211. The van der Waals surface area contributed by atoms with Crippen molar-refractivity contribution in [2.45, 2.75) is 25.9 Å². The summed E-state index contributed by atoms with van der Waals surface area (Å²) >= 11 is 0. The van der Waals surface area contributed by atoms with Crippen molar-refractivity contribution in [3.05, 3.63) is 77.6 Å². The van der Waals surface area contributed by atoms with Crippen LogP contribution in [0.2, 0.25) is 0 Å². The third-order valence-electron chi connectivity index (χ3n) is 3.68. The van der Waals surface area contributed by atoms with Crippen LogP contribution >= 0.6 is 0 Å². The third kappa shape index (κ3) is 3.29. The lowest BCUT2D eigenvalue weighted by Gasteiger charge is -2.08. The van der Waals surface area contributed by atoms with Gasteiger partial charge in [-0.3, -0.25) is 4.98 Å². The molecular weight excluding hydrogens is 258 g/mol. The lowest BCUT2D eigenvalue weighted by atomic mass is 10.0. The predicted molar refractivity (Wildman–Crippen MR) is 86.4 cm³/mol. The van der Waals surface area contributed by atoms with E-state index < -0.39 is 0 Å². The van der Waals surface area contributed by atoms with Gasteiger partial charge in [0.2, 0.25) is 0 Å². The number of aliphatic hydroxyl groups excluding tert-OH is 1. The van der Waals surface area contributed by atoms with Gasteiger partial charge >= 0.3 is 0 Å². The van der Waals surface area contributed by atoms with Crippen LogP contribution in [0.15, 0.2) is 60.8 Å². The molecule has 106 valence electrons. The first-order valence-corrected chi connectivity index (χ1v) is 7.31. The van der Waals surface area contributed by atoms with Gasteiger partial charge in [-0.25, -0.2) is 0 Å². The highest BCUT2D eigenvalue weighted by Crippen LogP contribution is 2.19. The van der Waals surface area contributed by atoms with Gasteiger partial charge in [-0.1, -0.05) is 48.5 Å². The minimum absolute atomic E-state index is 0.296. The topological polar surface area (TPSA) is 33.1 Å². The molecule has 3 rings (SSSR count). The first-order valence-electron chi connectivity index (χ1n) is 7.31. The Bertz CT molecular complexity index is 727. The van der Waals surface area contributed by atoms with Gasteiger partial charge in [0.25, 0.3) is 0 Å². The molecule has 0 saturated carbocycles. The molecule has 3 aromatic rings. The maximum atomic E-state index is 9.42. The lowest BCUT2D eigenvalue weighted by Crippen LogP contribution is -2.04. The van der Waals surface area contributed by atoms with Crippen molar-refractivity contribution < 1.29 is 5.11 Å². The fourth-order valence-electron chi connectivity index (χ4n) is 2.65. The summed E-state index contributed by atoms with van der Waals surface area (Å²) in [6.07, 6.45) is 3.11. The minimum atomic E-state index is -0.296. The molecule has 1 N–H and O–H groups in total. The van der Waals surface area contributed by atoms with Gasteiger partial charge in [-0.05, 0) is 35.9 Å². The van der Waals surface area contributed by atoms with Crippen LogP contribution in [0.25, 0.3) is 10.8 Å². The molecule has 0 fully saturated rings. The zero-order chi connectivity index (χ0) is 14.7. The molecular formula is C19H19NO. The van der Waals surface area contributed by atoms with E-state index in [9.17, 15) is 5.11 Å². The molecule has 0 aliphatic carbocycles. The van der Waals surface area contributed by atoms with E-state index in [1.54, 1.807) is 0 Å².